The summed E-state index contributed by atoms with van der Waals surface area (Å²) in [4.78, 5) is 0. The van der Waals surface area contributed by atoms with E-state index in [1.807, 2.05) is 0 Å². The van der Waals surface area contributed by atoms with Gasteiger partial charge in [-0.3, -0.25) is 0 Å². The fourth-order valence-electron chi connectivity index (χ4n) is 2.70. The number of hydrogen-bond donors (Lipinski definition) is 0. The van der Waals surface area contributed by atoms with Crippen LogP contribution < -0.4 is 0 Å². The zero-order valence-corrected chi connectivity index (χ0v) is 10.4. The van der Waals surface area contributed by atoms with Crippen molar-refractivity contribution in [1.82, 2.24) is 0 Å². The summed E-state index contributed by atoms with van der Waals surface area (Å²) in [5.41, 5.74) is -0.315. The molecule has 0 unspecified atom stereocenters. The number of nitriles is 1. The normalized spacial score (nSPS) is 19.4. The highest BCUT2D eigenvalue weighted by atomic mass is 35.5. The Morgan fingerprint density at radius 3 is 2.35 bits per heavy atom. The van der Waals surface area contributed by atoms with Gasteiger partial charge in [0.1, 0.15) is 5.82 Å². The van der Waals surface area contributed by atoms with Crippen LogP contribution in [0.2, 0.25) is 5.02 Å². The van der Waals surface area contributed by atoms with Crippen molar-refractivity contribution >= 4 is 11.6 Å². The average molecular weight is 252 g/mol. The molecule has 0 bridgehead atoms. The van der Waals surface area contributed by atoms with Gasteiger partial charge < -0.3 is 0 Å². The Labute approximate surface area is 106 Å². The van der Waals surface area contributed by atoms with Crippen LogP contribution in [0.15, 0.2) is 18.2 Å². The van der Waals surface area contributed by atoms with E-state index in [1.54, 1.807) is 12.1 Å². The minimum atomic E-state index is -0.723. The lowest BCUT2D eigenvalue weighted by atomic mass is 9.75. The predicted octanol–water partition coefficient (Wildman–Crippen LogP) is 4.59. The summed E-state index contributed by atoms with van der Waals surface area (Å²) in [7, 11) is 0. The molecule has 0 aromatic heterocycles. The molecular formula is C14H15ClFN. The zero-order chi connectivity index (χ0) is 12.3. The summed E-state index contributed by atoms with van der Waals surface area (Å²) >= 11 is 6.09. The Morgan fingerprint density at radius 1 is 1.18 bits per heavy atom. The SMILES string of the molecule is N#CC1(c2c(F)cccc2Cl)CCCCCC1. The van der Waals surface area contributed by atoms with Gasteiger partial charge in [-0.15, -0.1) is 0 Å². The third-order valence-electron chi connectivity index (χ3n) is 3.61. The van der Waals surface area contributed by atoms with Crippen LogP contribution in [0.5, 0.6) is 0 Å². The Bertz CT molecular complexity index is 422. The molecule has 0 saturated heterocycles. The van der Waals surface area contributed by atoms with E-state index in [2.05, 4.69) is 6.07 Å². The van der Waals surface area contributed by atoms with Gasteiger partial charge in [0.25, 0.3) is 0 Å². The highest BCUT2D eigenvalue weighted by Crippen LogP contribution is 2.42. The molecule has 3 heteroatoms. The van der Waals surface area contributed by atoms with Gasteiger partial charge in [0.2, 0.25) is 0 Å². The molecule has 1 aliphatic rings. The number of nitrogens with zero attached hydrogens (tertiary/aromatic N) is 1. The number of halogens is 2. The van der Waals surface area contributed by atoms with E-state index in [0.717, 1.165) is 25.7 Å². The third-order valence-corrected chi connectivity index (χ3v) is 3.93. The Kier molecular flexibility index (Phi) is 3.69. The van der Waals surface area contributed by atoms with E-state index >= 15 is 0 Å². The van der Waals surface area contributed by atoms with E-state index in [4.69, 9.17) is 11.6 Å². The van der Waals surface area contributed by atoms with Gasteiger partial charge in [-0.1, -0.05) is 43.4 Å². The molecule has 1 nitrogen and oxygen atoms in total. The minimum Gasteiger partial charge on any atom is -0.207 e. The highest BCUT2D eigenvalue weighted by Gasteiger charge is 2.36. The first kappa shape index (κ1) is 12.4. The monoisotopic (exact) mass is 251 g/mol. The molecule has 1 fully saturated rings. The first-order chi connectivity index (χ1) is 8.19. The van der Waals surface area contributed by atoms with Crippen LogP contribution in [0.3, 0.4) is 0 Å². The largest absolute Gasteiger partial charge is 0.207 e. The van der Waals surface area contributed by atoms with Crippen molar-refractivity contribution in [1.29, 1.82) is 5.26 Å². The molecule has 0 N–H and O–H groups in total. The predicted molar refractivity (Wildman–Crippen MR) is 66.4 cm³/mol. The second-order valence-corrected chi connectivity index (χ2v) is 5.11. The minimum absolute atomic E-state index is 0.346. The smallest absolute Gasteiger partial charge is 0.129 e. The van der Waals surface area contributed by atoms with Gasteiger partial charge in [-0.05, 0) is 25.0 Å². The maximum atomic E-state index is 14.0. The molecule has 0 atom stereocenters. The molecule has 17 heavy (non-hydrogen) atoms. The van der Waals surface area contributed by atoms with Gasteiger partial charge in [-0.2, -0.15) is 5.26 Å². The summed E-state index contributed by atoms with van der Waals surface area (Å²) in [6.45, 7) is 0. The summed E-state index contributed by atoms with van der Waals surface area (Å²) < 4.78 is 14.0. The van der Waals surface area contributed by atoms with Gasteiger partial charge in [0.15, 0.2) is 0 Å². The maximum Gasteiger partial charge on any atom is 0.129 e. The van der Waals surface area contributed by atoms with Crippen molar-refractivity contribution in [2.75, 3.05) is 0 Å². The van der Waals surface area contributed by atoms with Crippen molar-refractivity contribution in [3.63, 3.8) is 0 Å². The van der Waals surface area contributed by atoms with E-state index < -0.39 is 5.41 Å². The van der Waals surface area contributed by atoms with E-state index in [9.17, 15) is 9.65 Å². The summed E-state index contributed by atoms with van der Waals surface area (Å²) in [6.07, 6.45) is 5.61. The van der Waals surface area contributed by atoms with Crippen molar-refractivity contribution in [3.8, 4) is 6.07 Å². The van der Waals surface area contributed by atoms with Crippen molar-refractivity contribution < 1.29 is 4.39 Å². The summed E-state index contributed by atoms with van der Waals surface area (Å²) in [6, 6.07) is 6.98. The molecule has 0 heterocycles. The first-order valence-electron chi connectivity index (χ1n) is 6.05. The first-order valence-corrected chi connectivity index (χ1v) is 6.43. The van der Waals surface area contributed by atoms with Crippen molar-refractivity contribution in [3.05, 3.63) is 34.6 Å². The second-order valence-electron chi connectivity index (χ2n) is 4.70. The third kappa shape index (κ3) is 2.30. The van der Waals surface area contributed by atoms with Gasteiger partial charge in [0, 0.05) is 10.6 Å². The molecule has 0 spiro atoms. The average Bonchev–Trinajstić information content (AvgIpc) is 2.55. The maximum absolute atomic E-state index is 14.0. The quantitative estimate of drug-likeness (QED) is 0.670. The second kappa shape index (κ2) is 5.06. The van der Waals surface area contributed by atoms with Crippen molar-refractivity contribution in [2.45, 2.75) is 43.9 Å². The molecule has 0 amide bonds. The lowest BCUT2D eigenvalue weighted by Gasteiger charge is -2.26. The summed E-state index contributed by atoms with van der Waals surface area (Å²) in [5.74, 6) is -0.346. The molecule has 0 radical (unpaired) electrons. The lowest BCUT2D eigenvalue weighted by Crippen LogP contribution is -2.25. The molecule has 1 saturated carbocycles. The van der Waals surface area contributed by atoms with Gasteiger partial charge in [0.05, 0.1) is 11.5 Å². The number of rotatable bonds is 1. The van der Waals surface area contributed by atoms with Crippen LogP contribution in [0.1, 0.15) is 44.1 Å². The fourth-order valence-corrected chi connectivity index (χ4v) is 3.05. The molecule has 1 aliphatic carbocycles. The van der Waals surface area contributed by atoms with Crippen LogP contribution in [0.4, 0.5) is 4.39 Å². The van der Waals surface area contributed by atoms with E-state index in [-0.39, 0.29) is 5.82 Å². The molecule has 2 rings (SSSR count). The number of hydrogen-bond acceptors (Lipinski definition) is 1. The molecular weight excluding hydrogens is 237 g/mol. The molecule has 90 valence electrons. The Balaban J connectivity index is 2.50. The standard InChI is InChI=1S/C14H15ClFN/c15-11-6-5-7-12(16)13(11)14(10-17)8-3-1-2-4-9-14/h5-7H,1-4,8-9H2. The van der Waals surface area contributed by atoms with Crippen molar-refractivity contribution in [2.24, 2.45) is 0 Å². The highest BCUT2D eigenvalue weighted by molar-refractivity contribution is 6.31. The molecule has 1 aromatic carbocycles. The van der Waals surface area contributed by atoms with Crippen LogP contribution in [-0.2, 0) is 5.41 Å². The van der Waals surface area contributed by atoms with E-state index in [1.165, 1.54) is 6.07 Å². The van der Waals surface area contributed by atoms with Crippen LogP contribution in [0.25, 0.3) is 0 Å². The Hall–Kier alpha value is -1.07. The fraction of sp³-hybridized carbons (Fsp3) is 0.500. The number of benzene rings is 1. The van der Waals surface area contributed by atoms with Gasteiger partial charge >= 0.3 is 0 Å². The summed E-state index contributed by atoms with van der Waals surface area (Å²) in [5, 5.41) is 9.88. The molecule has 0 aliphatic heterocycles. The zero-order valence-electron chi connectivity index (χ0n) is 9.68. The van der Waals surface area contributed by atoms with Crippen LogP contribution in [0, 0.1) is 17.1 Å². The molecule has 1 aromatic rings. The van der Waals surface area contributed by atoms with Crippen LogP contribution >= 0.6 is 11.6 Å². The Morgan fingerprint density at radius 2 is 1.82 bits per heavy atom. The lowest BCUT2D eigenvalue weighted by molar-refractivity contribution is 0.448. The van der Waals surface area contributed by atoms with Gasteiger partial charge in [-0.25, -0.2) is 4.39 Å². The van der Waals surface area contributed by atoms with Crippen LogP contribution in [-0.4, -0.2) is 0 Å². The van der Waals surface area contributed by atoms with E-state index in [0.29, 0.717) is 23.4 Å². The topological polar surface area (TPSA) is 23.8 Å².